The van der Waals surface area contributed by atoms with Gasteiger partial charge in [0, 0.05) is 11.5 Å². The highest BCUT2D eigenvalue weighted by Gasteiger charge is 1.94. The van der Waals surface area contributed by atoms with Crippen LogP contribution in [0.4, 0.5) is 5.13 Å². The second kappa shape index (κ2) is 5.31. The minimum atomic E-state index is 0.615. The van der Waals surface area contributed by atoms with Crippen LogP contribution in [0.3, 0.4) is 0 Å². The SMILES string of the molecule is c1ccc(OCCNc2ncns2)cc1. The van der Waals surface area contributed by atoms with E-state index in [2.05, 4.69) is 14.7 Å². The zero-order valence-corrected chi connectivity index (χ0v) is 8.91. The minimum absolute atomic E-state index is 0.615. The summed E-state index contributed by atoms with van der Waals surface area (Å²) in [5, 5.41) is 3.94. The molecular formula is C10H11N3OS. The molecule has 0 atom stereocenters. The molecule has 2 rings (SSSR count). The lowest BCUT2D eigenvalue weighted by atomic mass is 10.3. The van der Waals surface area contributed by atoms with Crippen LogP contribution in [0.25, 0.3) is 0 Å². The van der Waals surface area contributed by atoms with Crippen LogP contribution < -0.4 is 10.1 Å². The average Bonchev–Trinajstić information content (AvgIpc) is 2.79. The van der Waals surface area contributed by atoms with Crippen molar-refractivity contribution in [3.05, 3.63) is 36.7 Å². The molecule has 0 aliphatic rings. The van der Waals surface area contributed by atoms with Gasteiger partial charge in [0.2, 0.25) is 5.13 Å². The number of hydrogen-bond donors (Lipinski definition) is 1. The maximum Gasteiger partial charge on any atom is 0.202 e. The summed E-state index contributed by atoms with van der Waals surface area (Å²) in [7, 11) is 0. The Hall–Kier alpha value is -1.62. The molecule has 5 heteroatoms. The minimum Gasteiger partial charge on any atom is -0.492 e. The van der Waals surface area contributed by atoms with Crippen molar-refractivity contribution in [3.63, 3.8) is 0 Å². The van der Waals surface area contributed by atoms with E-state index in [9.17, 15) is 0 Å². The molecule has 0 spiro atoms. The molecule has 0 fully saturated rings. The number of para-hydroxylation sites is 1. The maximum atomic E-state index is 5.50. The summed E-state index contributed by atoms with van der Waals surface area (Å²) in [6, 6.07) is 9.74. The van der Waals surface area contributed by atoms with E-state index in [1.807, 2.05) is 30.3 Å². The molecule has 2 aromatic rings. The number of benzene rings is 1. The van der Waals surface area contributed by atoms with Gasteiger partial charge in [-0.1, -0.05) is 18.2 Å². The Morgan fingerprint density at radius 3 is 2.87 bits per heavy atom. The summed E-state index contributed by atoms with van der Waals surface area (Å²) in [5.41, 5.74) is 0. The number of anilines is 1. The number of nitrogens with zero attached hydrogens (tertiary/aromatic N) is 2. The molecular weight excluding hydrogens is 210 g/mol. The average molecular weight is 221 g/mol. The largest absolute Gasteiger partial charge is 0.492 e. The summed E-state index contributed by atoms with van der Waals surface area (Å²) in [5.74, 6) is 0.886. The van der Waals surface area contributed by atoms with Crippen molar-refractivity contribution in [2.24, 2.45) is 0 Å². The van der Waals surface area contributed by atoms with Gasteiger partial charge in [-0.2, -0.15) is 4.37 Å². The van der Waals surface area contributed by atoms with Crippen molar-refractivity contribution < 1.29 is 4.74 Å². The highest BCUT2D eigenvalue weighted by molar-refractivity contribution is 7.09. The standard InChI is InChI=1S/C10H11N3OS/c1-2-4-9(5-3-1)14-7-6-11-10-12-8-13-15-10/h1-5,8H,6-7H2,(H,11,12,13). The molecule has 1 aromatic heterocycles. The molecule has 0 aliphatic carbocycles. The summed E-state index contributed by atoms with van der Waals surface area (Å²) < 4.78 is 9.38. The number of hydrogen-bond acceptors (Lipinski definition) is 5. The van der Waals surface area contributed by atoms with Crippen LogP contribution in [0.15, 0.2) is 36.7 Å². The molecule has 1 N–H and O–H groups in total. The molecule has 78 valence electrons. The topological polar surface area (TPSA) is 47.0 Å². The quantitative estimate of drug-likeness (QED) is 0.785. The van der Waals surface area contributed by atoms with Crippen molar-refractivity contribution in [2.45, 2.75) is 0 Å². The fourth-order valence-electron chi connectivity index (χ4n) is 1.09. The van der Waals surface area contributed by atoms with E-state index in [0.717, 1.165) is 17.4 Å². The molecule has 15 heavy (non-hydrogen) atoms. The van der Waals surface area contributed by atoms with E-state index >= 15 is 0 Å². The summed E-state index contributed by atoms with van der Waals surface area (Å²) in [6.45, 7) is 1.34. The summed E-state index contributed by atoms with van der Waals surface area (Å²) in [6.07, 6.45) is 1.53. The van der Waals surface area contributed by atoms with Gasteiger partial charge in [-0.15, -0.1) is 0 Å². The van der Waals surface area contributed by atoms with Crippen LogP contribution in [-0.4, -0.2) is 22.5 Å². The van der Waals surface area contributed by atoms with E-state index in [1.165, 1.54) is 17.9 Å². The van der Waals surface area contributed by atoms with Gasteiger partial charge >= 0.3 is 0 Å². The van der Waals surface area contributed by atoms with Crippen molar-refractivity contribution in [1.29, 1.82) is 0 Å². The Balaban J connectivity index is 1.68. The molecule has 1 aromatic carbocycles. The molecule has 0 aliphatic heterocycles. The molecule has 0 saturated carbocycles. The Labute approximate surface area is 92.1 Å². The van der Waals surface area contributed by atoms with Gasteiger partial charge in [-0.3, -0.25) is 0 Å². The van der Waals surface area contributed by atoms with Crippen molar-refractivity contribution in [1.82, 2.24) is 9.36 Å². The second-order valence-corrected chi connectivity index (χ2v) is 3.61. The second-order valence-electron chi connectivity index (χ2n) is 2.83. The Bertz CT molecular complexity index is 377. The van der Waals surface area contributed by atoms with Gasteiger partial charge < -0.3 is 10.1 Å². The van der Waals surface area contributed by atoms with Gasteiger partial charge in [-0.05, 0) is 12.1 Å². The highest BCUT2D eigenvalue weighted by Crippen LogP contribution is 2.08. The first-order valence-corrected chi connectivity index (χ1v) is 5.41. The fourth-order valence-corrected chi connectivity index (χ4v) is 1.55. The molecule has 0 radical (unpaired) electrons. The Morgan fingerprint density at radius 1 is 1.27 bits per heavy atom. The normalized spacial score (nSPS) is 9.87. The van der Waals surface area contributed by atoms with E-state index in [-0.39, 0.29) is 0 Å². The van der Waals surface area contributed by atoms with Crippen molar-refractivity contribution >= 4 is 16.7 Å². The van der Waals surface area contributed by atoms with Crippen LogP contribution in [0.5, 0.6) is 5.75 Å². The zero-order valence-electron chi connectivity index (χ0n) is 8.09. The predicted octanol–water partition coefficient (Wildman–Crippen LogP) is 2.03. The van der Waals surface area contributed by atoms with E-state index in [4.69, 9.17) is 4.74 Å². The number of aromatic nitrogens is 2. The van der Waals surface area contributed by atoms with E-state index in [0.29, 0.717) is 6.61 Å². The first-order valence-electron chi connectivity index (χ1n) is 4.63. The van der Waals surface area contributed by atoms with Gasteiger partial charge in [0.05, 0.1) is 6.54 Å². The van der Waals surface area contributed by atoms with Gasteiger partial charge in [0.15, 0.2) is 0 Å². The first-order chi connectivity index (χ1) is 7.45. The smallest absolute Gasteiger partial charge is 0.202 e. The van der Waals surface area contributed by atoms with Crippen LogP contribution in [0, 0.1) is 0 Å². The van der Waals surface area contributed by atoms with Crippen LogP contribution >= 0.6 is 11.5 Å². The third kappa shape index (κ3) is 3.21. The molecule has 0 saturated heterocycles. The van der Waals surface area contributed by atoms with Crippen LogP contribution in [0.2, 0.25) is 0 Å². The lowest BCUT2D eigenvalue weighted by molar-refractivity contribution is 0.333. The third-order valence-electron chi connectivity index (χ3n) is 1.75. The third-order valence-corrected chi connectivity index (χ3v) is 2.37. The first kappa shape index (κ1) is 9.92. The molecule has 0 amide bonds. The number of ether oxygens (including phenoxy) is 1. The highest BCUT2D eigenvalue weighted by atomic mass is 32.1. The molecule has 4 nitrogen and oxygen atoms in total. The van der Waals surface area contributed by atoms with Gasteiger partial charge in [-0.25, -0.2) is 4.98 Å². The van der Waals surface area contributed by atoms with Crippen molar-refractivity contribution in [2.75, 3.05) is 18.5 Å². The van der Waals surface area contributed by atoms with Crippen LogP contribution in [-0.2, 0) is 0 Å². The molecule has 0 unspecified atom stereocenters. The maximum absolute atomic E-state index is 5.50. The Morgan fingerprint density at radius 2 is 2.13 bits per heavy atom. The Kier molecular flexibility index (Phi) is 3.51. The van der Waals surface area contributed by atoms with Crippen molar-refractivity contribution in [3.8, 4) is 5.75 Å². The zero-order chi connectivity index (χ0) is 10.3. The van der Waals surface area contributed by atoms with E-state index < -0.39 is 0 Å². The molecule has 1 heterocycles. The summed E-state index contributed by atoms with van der Waals surface area (Å²) in [4.78, 5) is 4.00. The van der Waals surface area contributed by atoms with Gasteiger partial charge in [0.1, 0.15) is 18.7 Å². The van der Waals surface area contributed by atoms with E-state index in [1.54, 1.807) is 0 Å². The monoisotopic (exact) mass is 221 g/mol. The predicted molar refractivity (Wildman–Crippen MR) is 60.3 cm³/mol. The number of nitrogens with one attached hydrogen (secondary N) is 1. The molecule has 0 bridgehead atoms. The lowest BCUT2D eigenvalue weighted by Gasteiger charge is -2.05. The fraction of sp³-hybridized carbons (Fsp3) is 0.200. The summed E-state index contributed by atoms with van der Waals surface area (Å²) >= 11 is 1.34. The van der Waals surface area contributed by atoms with Crippen LogP contribution in [0.1, 0.15) is 0 Å². The number of rotatable bonds is 5. The lowest BCUT2D eigenvalue weighted by Crippen LogP contribution is -2.11. The van der Waals surface area contributed by atoms with Gasteiger partial charge in [0.25, 0.3) is 0 Å².